The molecule has 0 spiro atoms. The Labute approximate surface area is 172 Å². The molecule has 9 heteroatoms. The molecule has 1 saturated heterocycles. The number of nitrogens with zero attached hydrogens (tertiary/aromatic N) is 7. The lowest BCUT2D eigenvalue weighted by atomic mass is 10.1. The Hall–Kier alpha value is -3.75. The summed E-state index contributed by atoms with van der Waals surface area (Å²) in [6.45, 7) is 1.18. The van der Waals surface area contributed by atoms with Crippen LogP contribution in [0.2, 0.25) is 0 Å². The minimum Gasteiger partial charge on any atom is -0.471 e. The van der Waals surface area contributed by atoms with Crippen LogP contribution in [-0.4, -0.2) is 59.5 Å². The molecule has 1 unspecified atom stereocenters. The second-order valence-corrected chi connectivity index (χ2v) is 7.31. The highest BCUT2D eigenvalue weighted by atomic mass is 16.5. The Morgan fingerprint density at radius 3 is 2.80 bits per heavy atom. The van der Waals surface area contributed by atoms with E-state index >= 15 is 0 Å². The lowest BCUT2D eigenvalue weighted by Gasteiger charge is -2.33. The fourth-order valence-electron chi connectivity index (χ4n) is 3.87. The smallest absolute Gasteiger partial charge is 0.256 e. The van der Waals surface area contributed by atoms with E-state index in [1.165, 1.54) is 4.80 Å². The van der Waals surface area contributed by atoms with Crippen molar-refractivity contribution in [3.8, 4) is 11.6 Å². The van der Waals surface area contributed by atoms with Gasteiger partial charge in [-0.25, -0.2) is 9.97 Å². The molecular weight excluding hydrogens is 382 g/mol. The van der Waals surface area contributed by atoms with Gasteiger partial charge in [-0.15, -0.1) is 0 Å². The molecule has 0 N–H and O–H groups in total. The zero-order valence-corrected chi connectivity index (χ0v) is 16.5. The number of piperidine rings is 1. The number of imidazole rings is 1. The third kappa shape index (κ3) is 3.28. The summed E-state index contributed by atoms with van der Waals surface area (Å²) in [7, 11) is 1.92. The quantitative estimate of drug-likeness (QED) is 0.519. The van der Waals surface area contributed by atoms with Crippen LogP contribution in [0.15, 0.2) is 55.2 Å². The van der Waals surface area contributed by atoms with Crippen molar-refractivity contribution in [2.45, 2.75) is 18.9 Å². The molecule has 1 aromatic carbocycles. The van der Waals surface area contributed by atoms with Gasteiger partial charge < -0.3 is 14.2 Å². The predicted octanol–water partition coefficient (Wildman–Crippen LogP) is 2.23. The van der Waals surface area contributed by atoms with E-state index in [1.807, 2.05) is 46.8 Å². The molecule has 5 rings (SSSR count). The van der Waals surface area contributed by atoms with Crippen molar-refractivity contribution >= 4 is 16.9 Å². The van der Waals surface area contributed by atoms with Crippen molar-refractivity contribution in [2.75, 3.05) is 13.1 Å². The predicted molar refractivity (Wildman–Crippen MR) is 109 cm³/mol. The van der Waals surface area contributed by atoms with Crippen molar-refractivity contribution in [3.05, 3.63) is 60.8 Å². The second kappa shape index (κ2) is 7.58. The van der Waals surface area contributed by atoms with E-state index < -0.39 is 0 Å². The number of carbonyl (C=O) groups excluding carboxylic acids is 1. The van der Waals surface area contributed by atoms with E-state index in [1.54, 1.807) is 24.9 Å². The molecule has 0 bridgehead atoms. The maximum absolute atomic E-state index is 13.3. The van der Waals surface area contributed by atoms with Crippen LogP contribution in [0, 0.1) is 0 Å². The Kier molecular flexibility index (Phi) is 4.62. The number of rotatable bonds is 4. The highest BCUT2D eigenvalue weighted by molar-refractivity contribution is 5.97. The van der Waals surface area contributed by atoms with Gasteiger partial charge in [0.15, 0.2) is 0 Å². The average Bonchev–Trinajstić information content (AvgIpc) is 3.44. The first-order valence-electron chi connectivity index (χ1n) is 9.88. The molecule has 1 fully saturated rings. The maximum atomic E-state index is 13.3. The van der Waals surface area contributed by atoms with Crippen molar-refractivity contribution in [3.63, 3.8) is 0 Å². The van der Waals surface area contributed by atoms with E-state index in [-0.39, 0.29) is 12.0 Å². The molecule has 0 saturated carbocycles. The highest BCUT2D eigenvalue weighted by Gasteiger charge is 2.28. The SMILES string of the molecule is Cn1cnc2ccnc(OC3CCCN(C(=O)c4ccccc4-n4nccn4)C3)c21. The number of likely N-dealkylation sites (tertiary alicyclic amines) is 1. The first kappa shape index (κ1) is 18.3. The molecule has 1 aliphatic heterocycles. The number of aryl methyl sites for hydroxylation is 1. The van der Waals surface area contributed by atoms with Crippen LogP contribution in [0.3, 0.4) is 0 Å². The van der Waals surface area contributed by atoms with Crippen LogP contribution < -0.4 is 4.74 Å². The fraction of sp³-hybridized carbons (Fsp3) is 0.286. The first-order chi connectivity index (χ1) is 14.7. The van der Waals surface area contributed by atoms with Gasteiger partial charge in [-0.1, -0.05) is 12.1 Å². The van der Waals surface area contributed by atoms with Crippen molar-refractivity contribution in [1.82, 2.24) is 34.4 Å². The Balaban J connectivity index is 1.37. The molecular formula is C21H21N7O2. The lowest BCUT2D eigenvalue weighted by Crippen LogP contribution is -2.44. The molecule has 0 radical (unpaired) electrons. The fourth-order valence-corrected chi connectivity index (χ4v) is 3.87. The number of hydrogen-bond donors (Lipinski definition) is 0. The Morgan fingerprint density at radius 2 is 1.93 bits per heavy atom. The minimum absolute atomic E-state index is 0.0529. The van der Waals surface area contributed by atoms with Crippen LogP contribution in [0.4, 0.5) is 0 Å². The lowest BCUT2D eigenvalue weighted by molar-refractivity contribution is 0.0530. The minimum atomic E-state index is -0.134. The van der Waals surface area contributed by atoms with Gasteiger partial charge in [0.1, 0.15) is 11.6 Å². The molecule has 3 aromatic heterocycles. The van der Waals surface area contributed by atoms with Crippen LogP contribution in [0.5, 0.6) is 5.88 Å². The van der Waals surface area contributed by atoms with E-state index in [0.717, 1.165) is 23.9 Å². The van der Waals surface area contributed by atoms with Gasteiger partial charge in [0.2, 0.25) is 5.88 Å². The normalized spacial score (nSPS) is 16.7. The monoisotopic (exact) mass is 403 g/mol. The Bertz CT molecular complexity index is 1190. The van der Waals surface area contributed by atoms with Crippen LogP contribution >= 0.6 is 0 Å². The van der Waals surface area contributed by atoms with Crippen molar-refractivity contribution in [1.29, 1.82) is 0 Å². The molecule has 1 amide bonds. The summed E-state index contributed by atoms with van der Waals surface area (Å²) in [6.07, 6.45) is 8.23. The van der Waals surface area contributed by atoms with E-state index in [0.29, 0.717) is 30.2 Å². The van der Waals surface area contributed by atoms with Gasteiger partial charge in [-0.05, 0) is 31.0 Å². The second-order valence-electron chi connectivity index (χ2n) is 7.31. The number of ether oxygens (including phenoxy) is 1. The van der Waals surface area contributed by atoms with Crippen LogP contribution in [0.1, 0.15) is 23.2 Å². The van der Waals surface area contributed by atoms with Gasteiger partial charge in [-0.2, -0.15) is 15.0 Å². The van der Waals surface area contributed by atoms with Crippen molar-refractivity contribution < 1.29 is 9.53 Å². The summed E-state index contributed by atoms with van der Waals surface area (Å²) in [5, 5.41) is 8.34. The Morgan fingerprint density at radius 1 is 1.10 bits per heavy atom. The zero-order chi connectivity index (χ0) is 20.5. The standard InChI is InChI=1S/C21H21N7O2/c1-26-14-23-17-8-9-22-20(19(17)26)30-15-5-4-12-27(13-15)21(29)16-6-2-3-7-18(16)28-24-10-11-25-28/h2-3,6-11,14-15H,4-5,12-13H2,1H3. The molecule has 30 heavy (non-hydrogen) atoms. The topological polar surface area (TPSA) is 91.0 Å². The van der Waals surface area contributed by atoms with E-state index in [9.17, 15) is 4.79 Å². The van der Waals surface area contributed by atoms with Gasteiger partial charge >= 0.3 is 0 Å². The molecule has 0 aliphatic carbocycles. The first-order valence-corrected chi connectivity index (χ1v) is 9.88. The molecule has 4 heterocycles. The summed E-state index contributed by atoms with van der Waals surface area (Å²) in [5.41, 5.74) is 2.93. The van der Waals surface area contributed by atoms with Crippen LogP contribution in [0.25, 0.3) is 16.7 Å². The highest BCUT2D eigenvalue weighted by Crippen LogP contribution is 2.25. The van der Waals surface area contributed by atoms with Crippen LogP contribution in [-0.2, 0) is 7.05 Å². The number of para-hydroxylation sites is 1. The zero-order valence-electron chi connectivity index (χ0n) is 16.5. The molecule has 152 valence electrons. The molecule has 9 nitrogen and oxygen atoms in total. The summed E-state index contributed by atoms with van der Waals surface area (Å²) >= 11 is 0. The number of fused-ring (bicyclic) bond motifs is 1. The summed E-state index contributed by atoms with van der Waals surface area (Å²) in [4.78, 5) is 25.4. The maximum Gasteiger partial charge on any atom is 0.256 e. The van der Waals surface area contributed by atoms with Gasteiger partial charge in [0, 0.05) is 19.8 Å². The van der Waals surface area contributed by atoms with Crippen molar-refractivity contribution in [2.24, 2.45) is 7.05 Å². The third-order valence-electron chi connectivity index (χ3n) is 5.30. The summed E-state index contributed by atoms with van der Waals surface area (Å²) < 4.78 is 8.13. The number of amides is 1. The number of pyridine rings is 1. The molecule has 1 aliphatic rings. The van der Waals surface area contributed by atoms with Gasteiger partial charge in [-0.3, -0.25) is 4.79 Å². The number of benzene rings is 1. The largest absolute Gasteiger partial charge is 0.471 e. The average molecular weight is 403 g/mol. The third-order valence-corrected chi connectivity index (χ3v) is 5.30. The van der Waals surface area contributed by atoms with Gasteiger partial charge in [0.05, 0.1) is 42.0 Å². The molecule has 4 aromatic rings. The summed E-state index contributed by atoms with van der Waals surface area (Å²) in [5.74, 6) is 0.496. The molecule has 1 atom stereocenters. The summed E-state index contributed by atoms with van der Waals surface area (Å²) in [6, 6.07) is 9.24. The number of aromatic nitrogens is 6. The van der Waals surface area contributed by atoms with Gasteiger partial charge in [0.25, 0.3) is 5.91 Å². The number of hydrogen-bond acceptors (Lipinski definition) is 6. The van der Waals surface area contributed by atoms with E-state index in [4.69, 9.17) is 4.74 Å². The van der Waals surface area contributed by atoms with E-state index in [2.05, 4.69) is 20.2 Å². The number of carbonyl (C=O) groups is 1.